The first-order valence-corrected chi connectivity index (χ1v) is 5.34. The van der Waals surface area contributed by atoms with Crippen molar-refractivity contribution in [1.29, 1.82) is 0 Å². The Kier molecular flexibility index (Phi) is 3.36. The third-order valence-corrected chi connectivity index (χ3v) is 2.76. The maximum Gasteiger partial charge on any atom is 0.0243 e. The Hall–Kier alpha value is -0.0800. The lowest BCUT2D eigenvalue weighted by molar-refractivity contribution is 0.224. The molecular weight excluding hydrogens is 160 g/mol. The number of nitrogens with zero attached hydrogens (tertiary/aromatic N) is 1. The van der Waals surface area contributed by atoms with Gasteiger partial charge in [-0.3, -0.25) is 0 Å². The van der Waals surface area contributed by atoms with Crippen LogP contribution in [0.15, 0.2) is 0 Å². The molecule has 78 valence electrons. The maximum absolute atomic E-state index is 3.71. The molecule has 2 nitrogen and oxygen atoms in total. The van der Waals surface area contributed by atoms with E-state index in [0.717, 1.165) is 6.04 Å². The summed E-state index contributed by atoms with van der Waals surface area (Å²) in [5.74, 6) is 0. The Labute approximate surface area is 82.7 Å². The van der Waals surface area contributed by atoms with E-state index < -0.39 is 0 Å². The molecule has 1 aliphatic rings. The van der Waals surface area contributed by atoms with E-state index >= 15 is 0 Å². The first-order chi connectivity index (χ1) is 5.90. The van der Waals surface area contributed by atoms with Crippen molar-refractivity contribution in [2.45, 2.75) is 57.7 Å². The average Bonchev–Trinajstić information content (AvgIpc) is 2.31. The minimum Gasteiger partial charge on any atom is -0.308 e. The fraction of sp³-hybridized carbons (Fsp3) is 1.00. The molecule has 0 saturated heterocycles. The summed E-state index contributed by atoms with van der Waals surface area (Å²) in [5.41, 5.74) is 0.253. The number of nitrogens with one attached hydrogen (secondary N) is 1. The van der Waals surface area contributed by atoms with Gasteiger partial charge in [0.05, 0.1) is 0 Å². The molecule has 0 aromatic rings. The predicted molar refractivity (Wildman–Crippen MR) is 58.0 cm³/mol. The van der Waals surface area contributed by atoms with E-state index in [1.165, 1.54) is 19.3 Å². The van der Waals surface area contributed by atoms with Gasteiger partial charge < -0.3 is 10.2 Å². The predicted octanol–water partition coefficient (Wildman–Crippen LogP) is 1.86. The summed E-state index contributed by atoms with van der Waals surface area (Å²) in [5, 5.41) is 3.71. The van der Waals surface area contributed by atoms with Gasteiger partial charge in [0.1, 0.15) is 0 Å². The van der Waals surface area contributed by atoms with Crippen LogP contribution in [0.5, 0.6) is 0 Å². The van der Waals surface area contributed by atoms with Gasteiger partial charge in [0.2, 0.25) is 0 Å². The van der Waals surface area contributed by atoms with Crippen molar-refractivity contribution >= 4 is 0 Å². The molecule has 1 fully saturated rings. The van der Waals surface area contributed by atoms with Gasteiger partial charge in [-0.25, -0.2) is 0 Å². The van der Waals surface area contributed by atoms with E-state index in [1.54, 1.807) is 0 Å². The Morgan fingerprint density at radius 2 is 1.77 bits per heavy atom. The van der Waals surface area contributed by atoms with Crippen LogP contribution in [0.25, 0.3) is 0 Å². The second-order valence-corrected chi connectivity index (χ2v) is 5.46. The fourth-order valence-electron chi connectivity index (χ4n) is 2.28. The van der Waals surface area contributed by atoms with E-state index in [1.807, 2.05) is 0 Å². The molecule has 0 aromatic carbocycles. The smallest absolute Gasteiger partial charge is 0.0243 e. The van der Waals surface area contributed by atoms with Gasteiger partial charge in [-0.2, -0.15) is 0 Å². The van der Waals surface area contributed by atoms with Crippen LogP contribution < -0.4 is 5.32 Å². The van der Waals surface area contributed by atoms with Gasteiger partial charge in [0, 0.05) is 17.6 Å². The highest BCUT2D eigenvalue weighted by Gasteiger charge is 2.30. The van der Waals surface area contributed by atoms with Crippen molar-refractivity contribution in [2.75, 3.05) is 14.1 Å². The fourth-order valence-corrected chi connectivity index (χ4v) is 2.28. The van der Waals surface area contributed by atoms with E-state index in [0.29, 0.717) is 6.04 Å². The summed E-state index contributed by atoms with van der Waals surface area (Å²) in [6, 6.07) is 1.43. The SMILES string of the molecule is CN(C)[C@H]1CCC[C@@H]1NC(C)(C)C. The molecule has 13 heavy (non-hydrogen) atoms. The Morgan fingerprint density at radius 1 is 1.15 bits per heavy atom. The lowest BCUT2D eigenvalue weighted by atomic mass is 10.0. The summed E-state index contributed by atoms with van der Waals surface area (Å²) < 4.78 is 0. The normalized spacial score (nSPS) is 30.0. The molecule has 2 atom stereocenters. The van der Waals surface area contributed by atoms with Gasteiger partial charge in [-0.15, -0.1) is 0 Å². The van der Waals surface area contributed by atoms with Crippen molar-refractivity contribution in [3.8, 4) is 0 Å². The molecule has 0 aromatic heterocycles. The Morgan fingerprint density at radius 3 is 2.23 bits per heavy atom. The Bertz CT molecular complexity index is 158. The van der Waals surface area contributed by atoms with Crippen LogP contribution in [0.2, 0.25) is 0 Å². The zero-order valence-electron chi connectivity index (χ0n) is 9.72. The standard InChI is InChI=1S/C11H24N2/c1-11(2,3)12-9-7-6-8-10(9)13(4)5/h9-10,12H,6-8H2,1-5H3/t9-,10-/m0/s1. The van der Waals surface area contributed by atoms with E-state index in [4.69, 9.17) is 0 Å². The third-order valence-electron chi connectivity index (χ3n) is 2.76. The zero-order chi connectivity index (χ0) is 10.1. The van der Waals surface area contributed by atoms with Crippen LogP contribution in [-0.4, -0.2) is 36.6 Å². The van der Waals surface area contributed by atoms with Gasteiger partial charge in [0.15, 0.2) is 0 Å². The molecule has 1 N–H and O–H groups in total. The van der Waals surface area contributed by atoms with Crippen molar-refractivity contribution in [2.24, 2.45) is 0 Å². The molecule has 0 aliphatic heterocycles. The topological polar surface area (TPSA) is 15.3 Å². The molecule has 0 unspecified atom stereocenters. The second kappa shape index (κ2) is 3.97. The number of rotatable bonds is 2. The summed E-state index contributed by atoms with van der Waals surface area (Å²) in [4.78, 5) is 2.36. The third kappa shape index (κ3) is 3.28. The lowest BCUT2D eigenvalue weighted by Crippen LogP contribution is -2.50. The first-order valence-electron chi connectivity index (χ1n) is 5.34. The van der Waals surface area contributed by atoms with E-state index in [2.05, 4.69) is 45.1 Å². The maximum atomic E-state index is 3.71. The number of likely N-dealkylation sites (N-methyl/N-ethyl adjacent to an activating group) is 1. The summed E-state index contributed by atoms with van der Waals surface area (Å²) >= 11 is 0. The highest BCUT2D eigenvalue weighted by Crippen LogP contribution is 2.24. The minimum absolute atomic E-state index is 0.253. The van der Waals surface area contributed by atoms with Crippen molar-refractivity contribution in [3.05, 3.63) is 0 Å². The van der Waals surface area contributed by atoms with Crippen LogP contribution in [0.4, 0.5) is 0 Å². The molecule has 1 aliphatic carbocycles. The van der Waals surface area contributed by atoms with Crippen molar-refractivity contribution in [1.82, 2.24) is 10.2 Å². The van der Waals surface area contributed by atoms with Gasteiger partial charge in [0.25, 0.3) is 0 Å². The molecule has 0 bridgehead atoms. The first kappa shape index (κ1) is 11.0. The van der Waals surface area contributed by atoms with Crippen LogP contribution in [0.1, 0.15) is 40.0 Å². The van der Waals surface area contributed by atoms with E-state index in [-0.39, 0.29) is 5.54 Å². The van der Waals surface area contributed by atoms with Gasteiger partial charge in [-0.05, 0) is 47.7 Å². The monoisotopic (exact) mass is 184 g/mol. The number of hydrogen-bond acceptors (Lipinski definition) is 2. The van der Waals surface area contributed by atoms with Gasteiger partial charge in [-0.1, -0.05) is 6.42 Å². The molecule has 1 rings (SSSR count). The lowest BCUT2D eigenvalue weighted by Gasteiger charge is -2.33. The van der Waals surface area contributed by atoms with Crippen LogP contribution in [0.3, 0.4) is 0 Å². The molecule has 0 amide bonds. The summed E-state index contributed by atoms with van der Waals surface area (Å²) in [6.07, 6.45) is 4.05. The van der Waals surface area contributed by atoms with Crippen LogP contribution >= 0.6 is 0 Å². The summed E-state index contributed by atoms with van der Waals surface area (Å²) in [7, 11) is 4.38. The largest absolute Gasteiger partial charge is 0.308 e. The molecular formula is C11H24N2. The molecule has 2 heteroatoms. The average molecular weight is 184 g/mol. The van der Waals surface area contributed by atoms with Crippen LogP contribution in [-0.2, 0) is 0 Å². The zero-order valence-corrected chi connectivity index (χ0v) is 9.72. The van der Waals surface area contributed by atoms with Crippen LogP contribution in [0, 0.1) is 0 Å². The minimum atomic E-state index is 0.253. The van der Waals surface area contributed by atoms with E-state index in [9.17, 15) is 0 Å². The second-order valence-electron chi connectivity index (χ2n) is 5.46. The van der Waals surface area contributed by atoms with Crippen molar-refractivity contribution < 1.29 is 0 Å². The summed E-state index contributed by atoms with van der Waals surface area (Å²) in [6.45, 7) is 6.74. The molecule has 0 heterocycles. The highest BCUT2D eigenvalue weighted by molar-refractivity contribution is 4.91. The quantitative estimate of drug-likeness (QED) is 0.704. The van der Waals surface area contributed by atoms with Crippen molar-refractivity contribution in [3.63, 3.8) is 0 Å². The molecule has 0 radical (unpaired) electrons. The number of hydrogen-bond donors (Lipinski definition) is 1. The Balaban J connectivity index is 2.49. The highest BCUT2D eigenvalue weighted by atomic mass is 15.2. The van der Waals surface area contributed by atoms with Gasteiger partial charge >= 0.3 is 0 Å². The molecule has 0 spiro atoms. The molecule has 1 saturated carbocycles.